The lowest BCUT2D eigenvalue weighted by Gasteiger charge is -2.20. The fourth-order valence-corrected chi connectivity index (χ4v) is 11.5. The van der Waals surface area contributed by atoms with Gasteiger partial charge in [-0.15, -0.1) is 0 Å². The van der Waals surface area contributed by atoms with E-state index in [0.29, 0.717) is 19.4 Å². The molecule has 0 saturated heterocycles. The second-order valence-electron chi connectivity index (χ2n) is 24.9. The molecule has 0 aliphatic rings. The van der Waals surface area contributed by atoms with Gasteiger partial charge in [0.2, 0.25) is 5.91 Å². The molecule has 0 rings (SSSR count). The highest BCUT2D eigenvalue weighted by molar-refractivity contribution is 5.76. The second-order valence-corrected chi connectivity index (χ2v) is 24.9. The Hall–Kier alpha value is -1.66. The molecule has 6 nitrogen and oxygen atoms in total. The molecule has 1 amide bonds. The molecule has 2 unspecified atom stereocenters. The molecule has 0 aliphatic heterocycles. The normalized spacial score (nSPS) is 12.6. The molecular weight excluding hydrogens is 971 g/mol. The maximum absolute atomic E-state index is 12.5. The third-order valence-electron chi connectivity index (χ3n) is 17.0. The number of ether oxygens (including phenoxy) is 1. The lowest BCUT2D eigenvalue weighted by atomic mass is 10.0. The van der Waals surface area contributed by atoms with Gasteiger partial charge in [-0.05, 0) is 57.8 Å². The van der Waals surface area contributed by atoms with Crippen molar-refractivity contribution in [2.24, 2.45) is 0 Å². The quantitative estimate of drug-likeness (QED) is 0.0320. The van der Waals surface area contributed by atoms with E-state index in [2.05, 4.69) is 31.3 Å². The smallest absolute Gasteiger partial charge is 0.305 e. The van der Waals surface area contributed by atoms with Crippen molar-refractivity contribution in [2.45, 2.75) is 418 Å². The van der Waals surface area contributed by atoms with E-state index in [0.717, 1.165) is 38.5 Å². The summed E-state index contributed by atoms with van der Waals surface area (Å²) in [6, 6.07) is -0.627. The highest BCUT2D eigenvalue weighted by Crippen LogP contribution is 2.19. The van der Waals surface area contributed by atoms with E-state index in [-0.39, 0.29) is 18.5 Å². The molecule has 79 heavy (non-hydrogen) atoms. The lowest BCUT2D eigenvalue weighted by molar-refractivity contribution is -0.143. The summed E-state index contributed by atoms with van der Waals surface area (Å²) in [7, 11) is 0. The Labute approximate surface area is 494 Å². The molecule has 2 atom stereocenters. The van der Waals surface area contributed by atoms with Crippen LogP contribution in [-0.2, 0) is 14.3 Å². The number of amides is 1. The van der Waals surface area contributed by atoms with Gasteiger partial charge in [-0.1, -0.05) is 359 Å². The van der Waals surface area contributed by atoms with E-state index in [9.17, 15) is 19.8 Å². The number of esters is 1. The number of unbranched alkanes of at least 4 members (excludes halogenated alkanes) is 55. The standard InChI is InChI=1S/C73H141NO5/c1-3-5-7-9-11-13-15-17-18-19-33-36-39-42-45-49-53-57-61-65-71(76)70(69-75)74-72(77)66-62-58-54-50-46-43-40-37-34-31-29-27-25-23-21-20-22-24-26-28-30-32-35-38-41-44-48-52-56-60-64-68-79-73(78)67-63-59-55-51-47-16-14-12-10-8-6-4-2/h22,24,61,65,70-71,75-76H,3-21,23,25-60,62-64,66-69H2,1-2H3,(H,74,77)/b24-22-,65-61+. The van der Waals surface area contributed by atoms with Crippen LogP contribution in [-0.4, -0.2) is 47.4 Å². The SMILES string of the molecule is CCCCCCCCCCCCCCCCCCC/C=C/C(O)C(CO)NC(=O)CCCCCCCCCCCCCCCCC/C=C\CCCCCCCCCCCCCCOC(=O)CCCCCCCCCCCCCC. The fourth-order valence-electron chi connectivity index (χ4n) is 11.5. The number of hydrogen-bond donors (Lipinski definition) is 3. The first kappa shape index (κ1) is 77.3. The molecular formula is C73H141NO5. The van der Waals surface area contributed by atoms with Crippen LogP contribution in [0.15, 0.2) is 24.3 Å². The van der Waals surface area contributed by atoms with Gasteiger partial charge in [0.15, 0.2) is 0 Å². The minimum atomic E-state index is -0.843. The molecule has 0 bridgehead atoms. The Morgan fingerprint density at radius 1 is 0.342 bits per heavy atom. The monoisotopic (exact) mass is 1110 g/mol. The summed E-state index contributed by atoms with van der Waals surface area (Å²) >= 11 is 0. The second kappa shape index (κ2) is 68.8. The predicted molar refractivity (Wildman–Crippen MR) is 347 cm³/mol. The summed E-state index contributed by atoms with van der Waals surface area (Å²) < 4.78 is 5.48. The summed E-state index contributed by atoms with van der Waals surface area (Å²) in [5, 5.41) is 23.2. The molecule has 468 valence electrons. The van der Waals surface area contributed by atoms with Crippen molar-refractivity contribution < 1.29 is 24.5 Å². The van der Waals surface area contributed by atoms with Gasteiger partial charge < -0.3 is 20.3 Å². The van der Waals surface area contributed by atoms with E-state index in [1.807, 2.05) is 6.08 Å². The van der Waals surface area contributed by atoms with Crippen LogP contribution in [0.4, 0.5) is 0 Å². The maximum atomic E-state index is 12.5. The van der Waals surface area contributed by atoms with Crippen LogP contribution in [0.25, 0.3) is 0 Å². The van der Waals surface area contributed by atoms with E-state index < -0.39 is 12.1 Å². The van der Waals surface area contributed by atoms with Gasteiger partial charge in [0.1, 0.15) is 0 Å². The number of carbonyl (C=O) groups excluding carboxylic acids is 2. The first-order chi connectivity index (χ1) is 39.0. The topological polar surface area (TPSA) is 95.9 Å². The largest absolute Gasteiger partial charge is 0.466 e. The zero-order valence-electron chi connectivity index (χ0n) is 53.6. The zero-order valence-corrected chi connectivity index (χ0v) is 53.6. The van der Waals surface area contributed by atoms with Gasteiger partial charge in [0, 0.05) is 12.8 Å². The van der Waals surface area contributed by atoms with Crippen molar-refractivity contribution in [1.82, 2.24) is 5.32 Å². The zero-order chi connectivity index (χ0) is 57.1. The number of nitrogens with one attached hydrogen (secondary N) is 1. The highest BCUT2D eigenvalue weighted by atomic mass is 16.5. The summed E-state index contributed by atoms with van der Waals surface area (Å²) in [6.45, 7) is 4.94. The van der Waals surface area contributed by atoms with Crippen LogP contribution < -0.4 is 5.32 Å². The molecule has 0 aliphatic carbocycles. The van der Waals surface area contributed by atoms with E-state index in [1.165, 1.54) is 340 Å². The van der Waals surface area contributed by atoms with Crippen molar-refractivity contribution in [3.05, 3.63) is 24.3 Å². The van der Waals surface area contributed by atoms with Crippen LogP contribution >= 0.6 is 0 Å². The Bertz CT molecular complexity index is 1230. The molecule has 0 saturated carbocycles. The third kappa shape index (κ3) is 65.4. The average Bonchev–Trinajstić information content (AvgIpc) is 3.45. The van der Waals surface area contributed by atoms with Gasteiger partial charge >= 0.3 is 5.97 Å². The van der Waals surface area contributed by atoms with Gasteiger partial charge in [-0.25, -0.2) is 0 Å². The first-order valence-corrected chi connectivity index (χ1v) is 36.1. The number of allylic oxidation sites excluding steroid dienone is 3. The molecule has 0 fully saturated rings. The Kier molecular flexibility index (Phi) is 67.4. The highest BCUT2D eigenvalue weighted by Gasteiger charge is 2.18. The number of aliphatic hydroxyl groups is 2. The van der Waals surface area contributed by atoms with Gasteiger partial charge in [-0.3, -0.25) is 9.59 Å². The van der Waals surface area contributed by atoms with Crippen LogP contribution in [0.1, 0.15) is 406 Å². The number of hydrogen-bond acceptors (Lipinski definition) is 5. The van der Waals surface area contributed by atoms with Crippen molar-refractivity contribution in [1.29, 1.82) is 0 Å². The van der Waals surface area contributed by atoms with Crippen LogP contribution in [0.5, 0.6) is 0 Å². The van der Waals surface area contributed by atoms with E-state index in [4.69, 9.17) is 4.74 Å². The Morgan fingerprint density at radius 3 is 0.899 bits per heavy atom. The maximum Gasteiger partial charge on any atom is 0.305 e. The molecule has 0 heterocycles. The molecule has 0 spiro atoms. The summed E-state index contributed by atoms with van der Waals surface area (Å²) in [4.78, 5) is 24.5. The van der Waals surface area contributed by atoms with E-state index >= 15 is 0 Å². The summed E-state index contributed by atoms with van der Waals surface area (Å²) in [5.74, 6) is -0.0433. The summed E-state index contributed by atoms with van der Waals surface area (Å²) in [5.41, 5.74) is 0. The van der Waals surface area contributed by atoms with E-state index in [1.54, 1.807) is 6.08 Å². The van der Waals surface area contributed by atoms with Gasteiger partial charge in [0.05, 0.1) is 25.4 Å². The Morgan fingerprint density at radius 2 is 0.595 bits per heavy atom. The third-order valence-corrected chi connectivity index (χ3v) is 17.0. The van der Waals surface area contributed by atoms with Crippen LogP contribution in [0.3, 0.4) is 0 Å². The molecule has 0 aromatic rings. The minimum Gasteiger partial charge on any atom is -0.466 e. The number of aliphatic hydroxyl groups excluding tert-OH is 2. The van der Waals surface area contributed by atoms with Crippen molar-refractivity contribution in [3.63, 3.8) is 0 Å². The summed E-state index contributed by atoms with van der Waals surface area (Å²) in [6.07, 6.45) is 87.0. The van der Waals surface area contributed by atoms with Gasteiger partial charge in [-0.2, -0.15) is 0 Å². The average molecular weight is 1110 g/mol. The minimum absolute atomic E-state index is 0.0187. The predicted octanol–water partition coefficient (Wildman–Crippen LogP) is 23.3. The molecule has 6 heteroatoms. The number of rotatable bonds is 68. The van der Waals surface area contributed by atoms with Crippen molar-refractivity contribution in [2.75, 3.05) is 13.2 Å². The Balaban J connectivity index is 3.38. The molecule has 3 N–H and O–H groups in total. The van der Waals surface area contributed by atoms with Crippen molar-refractivity contribution in [3.8, 4) is 0 Å². The molecule has 0 aromatic carbocycles. The molecule has 0 radical (unpaired) electrons. The lowest BCUT2D eigenvalue weighted by Crippen LogP contribution is -2.45. The fraction of sp³-hybridized carbons (Fsp3) is 0.918. The molecule has 0 aromatic heterocycles. The van der Waals surface area contributed by atoms with Crippen LogP contribution in [0, 0.1) is 0 Å². The number of carbonyl (C=O) groups is 2. The first-order valence-electron chi connectivity index (χ1n) is 36.1. The van der Waals surface area contributed by atoms with Crippen molar-refractivity contribution >= 4 is 11.9 Å². The van der Waals surface area contributed by atoms with Gasteiger partial charge in [0.25, 0.3) is 0 Å². The van der Waals surface area contributed by atoms with Crippen LogP contribution in [0.2, 0.25) is 0 Å².